The Bertz CT molecular complexity index is 798. The molecule has 0 aliphatic heterocycles. The van der Waals surface area contributed by atoms with Gasteiger partial charge in [-0.3, -0.25) is 9.78 Å². The molecular formula is C20H23FN2O. The van der Waals surface area contributed by atoms with E-state index >= 15 is 0 Å². The van der Waals surface area contributed by atoms with Gasteiger partial charge < -0.3 is 5.32 Å². The molecule has 4 unspecified atom stereocenters. The van der Waals surface area contributed by atoms with Gasteiger partial charge in [-0.1, -0.05) is 6.42 Å². The summed E-state index contributed by atoms with van der Waals surface area (Å²) in [6.45, 7) is 3.96. The van der Waals surface area contributed by atoms with Crippen molar-refractivity contribution in [3.05, 3.63) is 41.3 Å². The van der Waals surface area contributed by atoms with Gasteiger partial charge in [0.15, 0.2) is 0 Å². The molecule has 24 heavy (non-hydrogen) atoms. The predicted molar refractivity (Wildman–Crippen MR) is 92.3 cm³/mol. The van der Waals surface area contributed by atoms with E-state index in [0.717, 1.165) is 17.5 Å². The van der Waals surface area contributed by atoms with Gasteiger partial charge in [-0.15, -0.1) is 0 Å². The molecule has 4 rings (SSSR count). The smallest absolute Gasteiger partial charge is 0.252 e. The molecule has 2 bridgehead atoms. The number of carbonyl (C=O) groups excluding carboxylic acids is 1. The van der Waals surface area contributed by atoms with E-state index in [4.69, 9.17) is 0 Å². The summed E-state index contributed by atoms with van der Waals surface area (Å²) in [5.41, 5.74) is 1.85. The molecule has 0 spiro atoms. The first-order valence-corrected chi connectivity index (χ1v) is 8.89. The van der Waals surface area contributed by atoms with Crippen LogP contribution in [-0.2, 0) is 0 Å². The number of benzene rings is 1. The van der Waals surface area contributed by atoms with E-state index < -0.39 is 0 Å². The van der Waals surface area contributed by atoms with Crippen LogP contribution < -0.4 is 5.32 Å². The first kappa shape index (κ1) is 15.6. The van der Waals surface area contributed by atoms with E-state index in [1.165, 1.54) is 37.8 Å². The SMILES string of the molecule is Cc1cc(C(=O)NC(C)C2CC3CCC2C3)c2ccc(F)cc2n1. The molecule has 1 aromatic heterocycles. The summed E-state index contributed by atoms with van der Waals surface area (Å²) in [5, 5.41) is 3.90. The molecule has 3 nitrogen and oxygen atoms in total. The molecular weight excluding hydrogens is 303 g/mol. The second-order valence-electron chi connectivity index (χ2n) is 7.57. The summed E-state index contributed by atoms with van der Waals surface area (Å²) in [7, 11) is 0. The Morgan fingerprint density at radius 3 is 2.83 bits per heavy atom. The maximum atomic E-state index is 13.5. The molecule has 2 fully saturated rings. The summed E-state index contributed by atoms with van der Waals surface area (Å²) < 4.78 is 13.5. The van der Waals surface area contributed by atoms with Crippen molar-refractivity contribution in [2.24, 2.45) is 17.8 Å². The minimum atomic E-state index is -0.331. The molecule has 2 aliphatic rings. The van der Waals surface area contributed by atoms with Crippen molar-refractivity contribution in [1.29, 1.82) is 0 Å². The average molecular weight is 326 g/mol. The molecule has 2 aromatic rings. The van der Waals surface area contributed by atoms with Gasteiger partial charge in [-0.25, -0.2) is 4.39 Å². The van der Waals surface area contributed by atoms with Crippen molar-refractivity contribution in [2.75, 3.05) is 0 Å². The van der Waals surface area contributed by atoms with Gasteiger partial charge in [0.2, 0.25) is 0 Å². The van der Waals surface area contributed by atoms with E-state index in [1.54, 1.807) is 12.1 Å². The number of nitrogens with zero attached hydrogens (tertiary/aromatic N) is 1. The zero-order valence-electron chi connectivity index (χ0n) is 14.2. The van der Waals surface area contributed by atoms with E-state index in [-0.39, 0.29) is 17.8 Å². The van der Waals surface area contributed by atoms with Gasteiger partial charge in [0.05, 0.1) is 11.1 Å². The van der Waals surface area contributed by atoms with E-state index in [9.17, 15) is 9.18 Å². The van der Waals surface area contributed by atoms with Crippen molar-refractivity contribution in [2.45, 2.75) is 45.6 Å². The Labute approximate surface area is 141 Å². The lowest BCUT2D eigenvalue weighted by Crippen LogP contribution is -2.40. The topological polar surface area (TPSA) is 42.0 Å². The monoisotopic (exact) mass is 326 g/mol. The van der Waals surface area contributed by atoms with Gasteiger partial charge in [0.1, 0.15) is 5.82 Å². The van der Waals surface area contributed by atoms with Crippen LogP contribution in [0.2, 0.25) is 0 Å². The number of carbonyl (C=O) groups is 1. The largest absolute Gasteiger partial charge is 0.349 e. The van der Waals surface area contributed by atoms with E-state index in [0.29, 0.717) is 22.4 Å². The number of aromatic nitrogens is 1. The van der Waals surface area contributed by atoms with Crippen LogP contribution in [0.15, 0.2) is 24.3 Å². The van der Waals surface area contributed by atoms with Gasteiger partial charge in [-0.05, 0) is 69.1 Å². The number of hydrogen-bond donors (Lipinski definition) is 1. The average Bonchev–Trinajstić information content (AvgIpc) is 3.16. The standard InChI is InChI=1S/C20H23FN2O/c1-11-7-18(16-6-5-15(21)10-19(16)22-11)20(24)23-12(2)17-9-13-3-4-14(17)8-13/h5-7,10,12-14,17H,3-4,8-9H2,1-2H3,(H,23,24). The maximum Gasteiger partial charge on any atom is 0.252 e. The number of amides is 1. The Balaban J connectivity index is 1.59. The lowest BCUT2D eigenvalue weighted by Gasteiger charge is -2.28. The lowest BCUT2D eigenvalue weighted by atomic mass is 9.84. The second kappa shape index (κ2) is 5.83. The number of aryl methyl sites for hydroxylation is 1. The molecule has 2 aliphatic carbocycles. The summed E-state index contributed by atoms with van der Waals surface area (Å²) in [5.74, 6) is 1.83. The summed E-state index contributed by atoms with van der Waals surface area (Å²) in [4.78, 5) is 17.2. The molecule has 1 heterocycles. The summed E-state index contributed by atoms with van der Waals surface area (Å²) >= 11 is 0. The Morgan fingerprint density at radius 1 is 1.29 bits per heavy atom. The highest BCUT2D eigenvalue weighted by Gasteiger charge is 2.42. The number of halogens is 1. The highest BCUT2D eigenvalue weighted by Crippen LogP contribution is 2.49. The number of pyridine rings is 1. The zero-order chi connectivity index (χ0) is 16.8. The number of hydrogen-bond acceptors (Lipinski definition) is 2. The normalized spacial score (nSPS) is 26.7. The van der Waals surface area contributed by atoms with Crippen LogP contribution in [0.4, 0.5) is 4.39 Å². The van der Waals surface area contributed by atoms with Crippen molar-refractivity contribution in [3.63, 3.8) is 0 Å². The fourth-order valence-corrected chi connectivity index (χ4v) is 4.82. The molecule has 1 N–H and O–H groups in total. The van der Waals surface area contributed by atoms with Crippen LogP contribution >= 0.6 is 0 Å². The number of rotatable bonds is 3. The van der Waals surface area contributed by atoms with Gasteiger partial charge in [-0.2, -0.15) is 0 Å². The van der Waals surface area contributed by atoms with Crippen LogP contribution in [-0.4, -0.2) is 16.9 Å². The third kappa shape index (κ3) is 2.68. The Kier molecular flexibility index (Phi) is 3.78. The first-order valence-electron chi connectivity index (χ1n) is 8.89. The third-order valence-electron chi connectivity index (χ3n) is 5.94. The van der Waals surface area contributed by atoms with Crippen LogP contribution in [0.5, 0.6) is 0 Å². The molecule has 1 aromatic carbocycles. The van der Waals surface area contributed by atoms with Crippen LogP contribution in [0.3, 0.4) is 0 Å². The van der Waals surface area contributed by atoms with Crippen LogP contribution in [0.25, 0.3) is 10.9 Å². The number of fused-ring (bicyclic) bond motifs is 3. The molecule has 4 heteroatoms. The molecule has 0 radical (unpaired) electrons. The van der Waals surface area contributed by atoms with Crippen LogP contribution in [0.1, 0.15) is 48.7 Å². The molecule has 126 valence electrons. The predicted octanol–water partition coefficient (Wildman–Crippen LogP) is 4.24. The first-order chi connectivity index (χ1) is 11.5. The zero-order valence-corrected chi connectivity index (χ0v) is 14.2. The fourth-order valence-electron chi connectivity index (χ4n) is 4.82. The maximum absolute atomic E-state index is 13.5. The minimum Gasteiger partial charge on any atom is -0.349 e. The molecule has 0 saturated heterocycles. The van der Waals surface area contributed by atoms with Gasteiger partial charge >= 0.3 is 0 Å². The number of nitrogens with one attached hydrogen (secondary N) is 1. The molecule has 4 atom stereocenters. The molecule has 2 saturated carbocycles. The Morgan fingerprint density at radius 2 is 2.12 bits per heavy atom. The van der Waals surface area contributed by atoms with Crippen LogP contribution in [0, 0.1) is 30.5 Å². The minimum absolute atomic E-state index is 0.0765. The van der Waals surface area contributed by atoms with Crippen molar-refractivity contribution in [1.82, 2.24) is 10.3 Å². The fraction of sp³-hybridized carbons (Fsp3) is 0.500. The quantitative estimate of drug-likeness (QED) is 0.917. The van der Waals surface area contributed by atoms with Gasteiger partial charge in [0.25, 0.3) is 5.91 Å². The summed E-state index contributed by atoms with van der Waals surface area (Å²) in [6, 6.07) is 6.39. The molecule has 1 amide bonds. The third-order valence-corrected chi connectivity index (χ3v) is 5.94. The summed E-state index contributed by atoms with van der Waals surface area (Å²) in [6.07, 6.45) is 5.25. The highest BCUT2D eigenvalue weighted by atomic mass is 19.1. The highest BCUT2D eigenvalue weighted by molar-refractivity contribution is 6.06. The van der Waals surface area contributed by atoms with Gasteiger partial charge in [0, 0.05) is 23.2 Å². The van der Waals surface area contributed by atoms with Crippen molar-refractivity contribution < 1.29 is 9.18 Å². The van der Waals surface area contributed by atoms with Crippen molar-refractivity contribution >= 4 is 16.8 Å². The Hall–Kier alpha value is -1.97. The van der Waals surface area contributed by atoms with Crippen molar-refractivity contribution in [3.8, 4) is 0 Å². The lowest BCUT2D eigenvalue weighted by molar-refractivity contribution is 0.0917. The van der Waals surface area contributed by atoms with E-state index in [1.807, 2.05) is 6.92 Å². The van der Waals surface area contributed by atoms with E-state index in [2.05, 4.69) is 17.2 Å². The second-order valence-corrected chi connectivity index (χ2v) is 7.57.